The fourth-order valence-electron chi connectivity index (χ4n) is 2.75. The number of alkyl halides is 3. The lowest BCUT2D eigenvalue weighted by Gasteiger charge is -2.30. The molecule has 0 aromatic carbocycles. The molecule has 0 aromatic rings. The zero-order valence-corrected chi connectivity index (χ0v) is 11.1. The fraction of sp³-hybridized carbons (Fsp3) is 1.00. The molecular formula is C13H24F3NO. The Bertz CT molecular complexity index is 215. The topological polar surface area (TPSA) is 21.3 Å². The van der Waals surface area contributed by atoms with Crippen LogP contribution in [-0.4, -0.2) is 32.5 Å². The van der Waals surface area contributed by atoms with Gasteiger partial charge in [-0.2, -0.15) is 13.2 Å². The van der Waals surface area contributed by atoms with Gasteiger partial charge in [0.05, 0.1) is 0 Å². The van der Waals surface area contributed by atoms with E-state index in [0.29, 0.717) is 18.4 Å². The lowest BCUT2D eigenvalue weighted by molar-refractivity contribution is -0.174. The lowest BCUT2D eigenvalue weighted by atomic mass is 9.82. The highest BCUT2D eigenvalue weighted by Crippen LogP contribution is 2.28. The molecule has 0 heterocycles. The first kappa shape index (κ1) is 15.8. The molecule has 1 atom stereocenters. The van der Waals surface area contributed by atoms with Crippen LogP contribution in [0.2, 0.25) is 0 Å². The first-order valence-electron chi connectivity index (χ1n) is 6.84. The van der Waals surface area contributed by atoms with Gasteiger partial charge in [0.15, 0.2) is 0 Å². The number of hydrogen-bond acceptors (Lipinski definition) is 2. The van der Waals surface area contributed by atoms with Gasteiger partial charge in [-0.25, -0.2) is 0 Å². The van der Waals surface area contributed by atoms with Gasteiger partial charge in [0.2, 0.25) is 0 Å². The van der Waals surface area contributed by atoms with Crippen molar-refractivity contribution in [1.29, 1.82) is 0 Å². The fourth-order valence-corrected chi connectivity index (χ4v) is 2.75. The molecule has 18 heavy (non-hydrogen) atoms. The zero-order valence-electron chi connectivity index (χ0n) is 11.1. The van der Waals surface area contributed by atoms with Crippen molar-refractivity contribution in [2.24, 2.45) is 5.92 Å². The molecule has 0 saturated heterocycles. The van der Waals surface area contributed by atoms with E-state index in [1.807, 2.05) is 7.05 Å². The normalized spacial score (nSPS) is 20.0. The second-order valence-electron chi connectivity index (χ2n) is 5.10. The molecule has 5 heteroatoms. The molecule has 1 N–H and O–H groups in total. The van der Waals surface area contributed by atoms with Gasteiger partial charge in [0.25, 0.3) is 0 Å². The van der Waals surface area contributed by atoms with Crippen LogP contribution in [0.25, 0.3) is 0 Å². The summed E-state index contributed by atoms with van der Waals surface area (Å²) >= 11 is 0. The van der Waals surface area contributed by atoms with Crippen LogP contribution in [0.15, 0.2) is 0 Å². The number of hydrogen-bond donors (Lipinski definition) is 1. The van der Waals surface area contributed by atoms with Crippen molar-refractivity contribution >= 4 is 0 Å². The molecule has 1 unspecified atom stereocenters. The molecule has 1 aliphatic carbocycles. The standard InChI is InChI=1S/C13H24F3NO/c1-17-12(11-6-3-2-4-7-11)8-5-9-18-10-13(14,15)16/h11-12,17H,2-10H2,1H3. The first-order valence-corrected chi connectivity index (χ1v) is 6.84. The van der Waals surface area contributed by atoms with E-state index in [9.17, 15) is 13.2 Å². The molecule has 1 fully saturated rings. The summed E-state index contributed by atoms with van der Waals surface area (Å²) in [7, 11) is 1.94. The number of rotatable bonds is 7. The van der Waals surface area contributed by atoms with Crippen molar-refractivity contribution in [3.8, 4) is 0 Å². The number of ether oxygens (including phenoxy) is 1. The van der Waals surface area contributed by atoms with Gasteiger partial charge in [-0.1, -0.05) is 19.3 Å². The van der Waals surface area contributed by atoms with Crippen LogP contribution in [0.1, 0.15) is 44.9 Å². The van der Waals surface area contributed by atoms with Crippen LogP contribution < -0.4 is 5.32 Å². The highest BCUT2D eigenvalue weighted by Gasteiger charge is 2.27. The Morgan fingerprint density at radius 1 is 1.22 bits per heavy atom. The Balaban J connectivity index is 2.11. The molecule has 1 saturated carbocycles. The molecule has 0 spiro atoms. The van der Waals surface area contributed by atoms with Crippen molar-refractivity contribution in [2.45, 2.75) is 57.2 Å². The van der Waals surface area contributed by atoms with Gasteiger partial charge in [-0.3, -0.25) is 0 Å². The highest BCUT2D eigenvalue weighted by atomic mass is 19.4. The largest absolute Gasteiger partial charge is 0.411 e. The average molecular weight is 267 g/mol. The Labute approximate surface area is 107 Å². The van der Waals surface area contributed by atoms with E-state index in [-0.39, 0.29) is 6.61 Å². The van der Waals surface area contributed by atoms with Crippen LogP contribution in [0.3, 0.4) is 0 Å². The van der Waals surface area contributed by atoms with E-state index in [0.717, 1.165) is 6.42 Å². The van der Waals surface area contributed by atoms with Crippen molar-refractivity contribution in [2.75, 3.05) is 20.3 Å². The Morgan fingerprint density at radius 2 is 1.89 bits per heavy atom. The molecule has 108 valence electrons. The molecule has 0 aromatic heterocycles. The van der Waals surface area contributed by atoms with Crippen LogP contribution in [0.5, 0.6) is 0 Å². The lowest BCUT2D eigenvalue weighted by Crippen LogP contribution is -2.35. The van der Waals surface area contributed by atoms with Crippen LogP contribution >= 0.6 is 0 Å². The highest BCUT2D eigenvalue weighted by molar-refractivity contribution is 4.78. The SMILES string of the molecule is CNC(CCCOCC(F)(F)F)C1CCCCC1. The third-order valence-electron chi connectivity index (χ3n) is 3.66. The Kier molecular flexibility index (Phi) is 7.00. The Morgan fingerprint density at radius 3 is 2.44 bits per heavy atom. The summed E-state index contributed by atoms with van der Waals surface area (Å²) in [6.07, 6.45) is 3.77. The summed E-state index contributed by atoms with van der Waals surface area (Å²) in [5, 5.41) is 3.30. The summed E-state index contributed by atoms with van der Waals surface area (Å²) in [5.74, 6) is 0.686. The van der Waals surface area contributed by atoms with Gasteiger partial charge in [0.1, 0.15) is 6.61 Å². The van der Waals surface area contributed by atoms with Crippen molar-refractivity contribution in [3.05, 3.63) is 0 Å². The van der Waals surface area contributed by atoms with Crippen molar-refractivity contribution in [3.63, 3.8) is 0 Å². The van der Waals surface area contributed by atoms with Crippen molar-refractivity contribution < 1.29 is 17.9 Å². The minimum absolute atomic E-state index is 0.199. The first-order chi connectivity index (χ1) is 8.53. The van der Waals surface area contributed by atoms with Gasteiger partial charge in [-0.15, -0.1) is 0 Å². The van der Waals surface area contributed by atoms with Gasteiger partial charge < -0.3 is 10.1 Å². The molecule has 0 radical (unpaired) electrons. The third-order valence-corrected chi connectivity index (χ3v) is 3.66. The minimum atomic E-state index is -4.20. The molecule has 1 rings (SSSR count). The summed E-state index contributed by atoms with van der Waals surface area (Å²) in [6.45, 7) is -0.926. The average Bonchev–Trinajstić information content (AvgIpc) is 2.33. The second kappa shape index (κ2) is 8.00. The number of halogens is 3. The van der Waals surface area contributed by atoms with E-state index in [4.69, 9.17) is 0 Å². The quantitative estimate of drug-likeness (QED) is 0.713. The summed E-state index contributed by atoms with van der Waals surface area (Å²) in [6, 6.07) is 0.430. The summed E-state index contributed by atoms with van der Waals surface area (Å²) < 4.78 is 40.2. The van der Waals surface area contributed by atoms with E-state index in [2.05, 4.69) is 10.1 Å². The molecule has 0 aliphatic heterocycles. The predicted octanol–water partition coefficient (Wildman–Crippen LogP) is 3.51. The van der Waals surface area contributed by atoms with Crippen LogP contribution in [-0.2, 0) is 4.74 Å². The minimum Gasteiger partial charge on any atom is -0.372 e. The van der Waals surface area contributed by atoms with E-state index < -0.39 is 12.8 Å². The van der Waals surface area contributed by atoms with E-state index in [1.165, 1.54) is 32.1 Å². The third kappa shape index (κ3) is 6.59. The molecule has 1 aliphatic rings. The van der Waals surface area contributed by atoms with Crippen LogP contribution in [0.4, 0.5) is 13.2 Å². The number of nitrogens with one attached hydrogen (secondary N) is 1. The van der Waals surface area contributed by atoms with E-state index >= 15 is 0 Å². The van der Waals surface area contributed by atoms with Crippen LogP contribution in [0, 0.1) is 5.92 Å². The molecular weight excluding hydrogens is 243 g/mol. The van der Waals surface area contributed by atoms with Gasteiger partial charge >= 0.3 is 6.18 Å². The predicted molar refractivity (Wildman–Crippen MR) is 65.5 cm³/mol. The van der Waals surface area contributed by atoms with Crippen molar-refractivity contribution in [1.82, 2.24) is 5.32 Å². The van der Waals surface area contributed by atoms with Gasteiger partial charge in [0, 0.05) is 12.6 Å². The molecule has 2 nitrogen and oxygen atoms in total. The second-order valence-corrected chi connectivity index (χ2v) is 5.10. The smallest absolute Gasteiger partial charge is 0.372 e. The summed E-state index contributed by atoms with van der Waals surface area (Å²) in [4.78, 5) is 0. The maximum atomic E-state index is 11.9. The Hall–Kier alpha value is -0.290. The molecule has 0 bridgehead atoms. The molecule has 0 amide bonds. The maximum absolute atomic E-state index is 11.9. The van der Waals surface area contributed by atoms with Gasteiger partial charge in [-0.05, 0) is 38.6 Å². The zero-order chi connectivity index (χ0) is 13.4. The monoisotopic (exact) mass is 267 g/mol. The van der Waals surface area contributed by atoms with E-state index in [1.54, 1.807) is 0 Å². The maximum Gasteiger partial charge on any atom is 0.411 e. The summed E-state index contributed by atoms with van der Waals surface area (Å²) in [5.41, 5.74) is 0.